The second kappa shape index (κ2) is 7.97. The highest BCUT2D eigenvalue weighted by atomic mass is 16.2. The molecule has 0 spiro atoms. The molecule has 0 saturated heterocycles. The summed E-state index contributed by atoms with van der Waals surface area (Å²) in [5.41, 5.74) is 0.840. The Bertz CT molecular complexity index is 477. The van der Waals surface area contributed by atoms with Crippen molar-refractivity contribution in [3.05, 3.63) is 35.4 Å². The number of nitrogens with one attached hydrogen (secondary N) is 2. The number of hydrogen-bond donors (Lipinski definition) is 2. The van der Waals surface area contributed by atoms with Crippen LogP contribution in [0, 0.1) is 11.8 Å². The molecule has 0 heterocycles. The minimum Gasteiger partial charge on any atom is -0.349 e. The smallest absolute Gasteiger partial charge is 0.252 e. The third kappa shape index (κ3) is 4.86. The quantitative estimate of drug-likeness (QED) is 0.847. The van der Waals surface area contributed by atoms with E-state index in [2.05, 4.69) is 10.6 Å². The van der Waals surface area contributed by atoms with E-state index in [0.717, 1.165) is 0 Å². The Morgan fingerprint density at radius 2 is 1.05 bits per heavy atom. The maximum absolute atomic E-state index is 12.4. The van der Waals surface area contributed by atoms with Crippen LogP contribution in [-0.2, 0) is 0 Å². The predicted octanol–water partition coefficient (Wildman–Crippen LogP) is 3.24. The highest BCUT2D eigenvalue weighted by Crippen LogP contribution is 2.12. The van der Waals surface area contributed by atoms with Gasteiger partial charge in [-0.15, -0.1) is 0 Å². The van der Waals surface area contributed by atoms with Gasteiger partial charge in [0, 0.05) is 12.1 Å². The summed E-state index contributed by atoms with van der Waals surface area (Å²) in [7, 11) is 0. The van der Waals surface area contributed by atoms with Gasteiger partial charge in [0.15, 0.2) is 0 Å². The molecule has 0 aromatic heterocycles. The van der Waals surface area contributed by atoms with E-state index < -0.39 is 0 Å². The van der Waals surface area contributed by atoms with Crippen LogP contribution in [0.5, 0.6) is 0 Å². The van der Waals surface area contributed by atoms with Crippen LogP contribution in [0.15, 0.2) is 24.3 Å². The average Bonchev–Trinajstić information content (AvgIpc) is 2.46. The van der Waals surface area contributed by atoms with Gasteiger partial charge in [0.1, 0.15) is 0 Å². The Hall–Kier alpha value is -1.84. The lowest BCUT2D eigenvalue weighted by atomic mass is 10.0. The van der Waals surface area contributed by atoms with Crippen LogP contribution >= 0.6 is 0 Å². The Morgan fingerprint density at radius 3 is 1.32 bits per heavy atom. The fourth-order valence-corrected chi connectivity index (χ4v) is 1.78. The van der Waals surface area contributed by atoms with Crippen molar-refractivity contribution >= 4 is 11.8 Å². The standard InChI is InChI=1S/C18H28N2O2/c1-11(2)13(5)19-17(21)15-9-7-8-10-16(15)18(22)20-14(6)12(3)4/h7-14H,1-6H3,(H,19,21)(H,20,22). The zero-order chi connectivity index (χ0) is 16.9. The number of hydrogen-bond acceptors (Lipinski definition) is 2. The van der Waals surface area contributed by atoms with Gasteiger partial charge in [-0.25, -0.2) is 0 Å². The van der Waals surface area contributed by atoms with Crippen molar-refractivity contribution in [3.63, 3.8) is 0 Å². The average molecular weight is 304 g/mol. The summed E-state index contributed by atoms with van der Waals surface area (Å²) in [4.78, 5) is 24.8. The van der Waals surface area contributed by atoms with Crippen molar-refractivity contribution in [2.75, 3.05) is 0 Å². The van der Waals surface area contributed by atoms with Crippen molar-refractivity contribution < 1.29 is 9.59 Å². The molecule has 0 aliphatic heterocycles. The van der Waals surface area contributed by atoms with Crippen molar-refractivity contribution in [2.45, 2.75) is 53.6 Å². The highest BCUT2D eigenvalue weighted by molar-refractivity contribution is 6.07. The van der Waals surface area contributed by atoms with Crippen molar-refractivity contribution in [3.8, 4) is 0 Å². The minimum atomic E-state index is -0.204. The van der Waals surface area contributed by atoms with E-state index >= 15 is 0 Å². The first-order valence-electron chi connectivity index (χ1n) is 7.94. The van der Waals surface area contributed by atoms with Crippen molar-refractivity contribution in [1.82, 2.24) is 10.6 Å². The second-order valence-electron chi connectivity index (χ2n) is 6.56. The van der Waals surface area contributed by atoms with Gasteiger partial charge in [-0.1, -0.05) is 39.8 Å². The molecule has 2 unspecified atom stereocenters. The zero-order valence-corrected chi connectivity index (χ0v) is 14.4. The van der Waals surface area contributed by atoms with Gasteiger partial charge >= 0.3 is 0 Å². The summed E-state index contributed by atoms with van der Waals surface area (Å²) < 4.78 is 0. The lowest BCUT2D eigenvalue weighted by molar-refractivity contribution is 0.0895. The summed E-state index contributed by atoms with van der Waals surface area (Å²) >= 11 is 0. The van der Waals surface area contributed by atoms with E-state index in [1.165, 1.54) is 0 Å². The molecule has 0 aliphatic rings. The Balaban J connectivity index is 2.94. The summed E-state index contributed by atoms with van der Waals surface area (Å²) in [6.45, 7) is 12.1. The molecule has 0 radical (unpaired) electrons. The van der Waals surface area contributed by atoms with Gasteiger partial charge in [-0.3, -0.25) is 9.59 Å². The second-order valence-corrected chi connectivity index (χ2v) is 6.56. The van der Waals surface area contributed by atoms with Gasteiger partial charge < -0.3 is 10.6 Å². The Labute approximate surface area is 133 Å². The van der Waals surface area contributed by atoms with E-state index in [-0.39, 0.29) is 23.9 Å². The molecule has 1 rings (SSSR count). The molecule has 0 bridgehead atoms. The maximum atomic E-state index is 12.4. The van der Waals surface area contributed by atoms with Gasteiger partial charge in [0.25, 0.3) is 11.8 Å². The highest BCUT2D eigenvalue weighted by Gasteiger charge is 2.20. The Kier molecular flexibility index (Phi) is 6.60. The van der Waals surface area contributed by atoms with E-state index in [9.17, 15) is 9.59 Å². The SMILES string of the molecule is CC(C)C(C)NC(=O)c1ccccc1C(=O)NC(C)C(C)C. The monoisotopic (exact) mass is 304 g/mol. The molecule has 2 atom stereocenters. The van der Waals surface area contributed by atoms with Crippen LogP contribution in [0.1, 0.15) is 62.3 Å². The molecule has 4 heteroatoms. The first-order chi connectivity index (χ1) is 10.2. The molecule has 2 N–H and O–H groups in total. The van der Waals surface area contributed by atoms with Gasteiger partial charge in [-0.05, 0) is 37.8 Å². The van der Waals surface area contributed by atoms with Gasteiger partial charge in [0.05, 0.1) is 11.1 Å². The topological polar surface area (TPSA) is 58.2 Å². The molecule has 1 aromatic rings. The molecule has 0 aliphatic carbocycles. The third-order valence-electron chi connectivity index (χ3n) is 4.13. The largest absolute Gasteiger partial charge is 0.349 e. The number of carbonyl (C=O) groups excluding carboxylic acids is 2. The molecule has 0 saturated carbocycles. The normalized spacial score (nSPS) is 13.8. The van der Waals surface area contributed by atoms with E-state index in [0.29, 0.717) is 23.0 Å². The van der Waals surface area contributed by atoms with E-state index in [1.807, 2.05) is 41.5 Å². The summed E-state index contributed by atoms with van der Waals surface area (Å²) in [6.07, 6.45) is 0. The van der Waals surface area contributed by atoms with Gasteiger partial charge in [-0.2, -0.15) is 0 Å². The summed E-state index contributed by atoms with van der Waals surface area (Å²) in [5, 5.41) is 5.90. The van der Waals surface area contributed by atoms with Crippen LogP contribution in [0.25, 0.3) is 0 Å². The molecular formula is C18H28N2O2. The van der Waals surface area contributed by atoms with Crippen LogP contribution in [0.3, 0.4) is 0 Å². The predicted molar refractivity (Wildman–Crippen MR) is 90.0 cm³/mol. The van der Waals surface area contributed by atoms with Crippen LogP contribution in [-0.4, -0.2) is 23.9 Å². The summed E-state index contributed by atoms with van der Waals surface area (Å²) in [6, 6.07) is 7.04. The summed E-state index contributed by atoms with van der Waals surface area (Å²) in [5.74, 6) is 0.269. The fraction of sp³-hybridized carbons (Fsp3) is 0.556. The van der Waals surface area contributed by atoms with E-state index in [1.54, 1.807) is 24.3 Å². The lowest BCUT2D eigenvalue weighted by Crippen LogP contribution is -2.39. The number of carbonyl (C=O) groups is 2. The molecule has 122 valence electrons. The van der Waals surface area contributed by atoms with Crippen LogP contribution in [0.4, 0.5) is 0 Å². The molecule has 2 amide bonds. The van der Waals surface area contributed by atoms with Crippen molar-refractivity contribution in [2.24, 2.45) is 11.8 Å². The molecule has 1 aromatic carbocycles. The minimum absolute atomic E-state index is 0.0539. The molecule has 22 heavy (non-hydrogen) atoms. The number of amides is 2. The number of benzene rings is 1. The Morgan fingerprint density at radius 1 is 0.727 bits per heavy atom. The van der Waals surface area contributed by atoms with Crippen LogP contribution < -0.4 is 10.6 Å². The fourth-order valence-electron chi connectivity index (χ4n) is 1.78. The number of rotatable bonds is 6. The van der Waals surface area contributed by atoms with Gasteiger partial charge in [0.2, 0.25) is 0 Å². The third-order valence-corrected chi connectivity index (χ3v) is 4.13. The van der Waals surface area contributed by atoms with Crippen LogP contribution in [0.2, 0.25) is 0 Å². The van der Waals surface area contributed by atoms with Crippen molar-refractivity contribution in [1.29, 1.82) is 0 Å². The maximum Gasteiger partial charge on any atom is 0.252 e. The molecular weight excluding hydrogens is 276 g/mol. The zero-order valence-electron chi connectivity index (χ0n) is 14.4. The molecule has 0 fully saturated rings. The van der Waals surface area contributed by atoms with E-state index in [4.69, 9.17) is 0 Å². The first-order valence-corrected chi connectivity index (χ1v) is 7.94. The molecule has 4 nitrogen and oxygen atoms in total. The first kappa shape index (κ1) is 18.2. The lowest BCUT2D eigenvalue weighted by Gasteiger charge is -2.20.